The number of nitrogens with zero attached hydrogens (tertiary/aromatic N) is 2. The van der Waals surface area contributed by atoms with Gasteiger partial charge in [0.25, 0.3) is 0 Å². The topological polar surface area (TPSA) is 66.0 Å². The van der Waals surface area contributed by atoms with Gasteiger partial charge in [-0.3, -0.25) is 9.79 Å². The number of aryl methyl sites for hydroxylation is 1. The monoisotopic (exact) mass is 420 g/mol. The van der Waals surface area contributed by atoms with Crippen molar-refractivity contribution in [2.45, 2.75) is 13.0 Å². The van der Waals surface area contributed by atoms with E-state index in [2.05, 4.69) is 15.6 Å². The molecule has 1 heterocycles. The number of carbonyl (C=O) groups is 1. The molecule has 0 aromatic heterocycles. The van der Waals surface area contributed by atoms with E-state index in [4.69, 9.17) is 4.74 Å². The number of carbonyl (C=O) groups excluding carboxylic acids is 1. The summed E-state index contributed by atoms with van der Waals surface area (Å²) in [5, 5.41) is 5.13. The second-order valence-electron chi connectivity index (χ2n) is 6.83. The van der Waals surface area contributed by atoms with Crippen molar-refractivity contribution in [1.29, 1.82) is 0 Å². The molecule has 1 atom stereocenters. The van der Waals surface area contributed by atoms with E-state index in [0.717, 1.165) is 23.3 Å². The Morgan fingerprint density at radius 3 is 2.70 bits per heavy atom. The number of hydrogen-bond donors (Lipinski definition) is 2. The van der Waals surface area contributed by atoms with Gasteiger partial charge in [-0.05, 0) is 30.2 Å². The van der Waals surface area contributed by atoms with Crippen LogP contribution in [-0.2, 0) is 9.53 Å². The fourth-order valence-corrected chi connectivity index (χ4v) is 3.29. The normalized spacial score (nSPS) is 17.0. The maximum Gasteiger partial charge on any atom is 0.243 e. The highest BCUT2D eigenvalue weighted by molar-refractivity contribution is 5.95. The predicted octanol–water partition coefficient (Wildman–Crippen LogP) is 3.00. The summed E-state index contributed by atoms with van der Waals surface area (Å²) in [4.78, 5) is 18.3. The molecular formula is C21H23F3N4O2. The molecule has 1 aliphatic rings. The lowest BCUT2D eigenvalue weighted by atomic mass is 10.0. The Morgan fingerprint density at radius 2 is 1.97 bits per heavy atom. The summed E-state index contributed by atoms with van der Waals surface area (Å²) in [6, 6.07) is 9.68. The molecule has 1 aliphatic heterocycles. The van der Waals surface area contributed by atoms with Crippen LogP contribution in [0.25, 0.3) is 0 Å². The van der Waals surface area contributed by atoms with Gasteiger partial charge in [-0.2, -0.15) is 0 Å². The van der Waals surface area contributed by atoms with Crippen LogP contribution in [0.15, 0.2) is 41.4 Å². The molecule has 9 heteroatoms. The quantitative estimate of drug-likeness (QED) is 0.454. The molecule has 1 unspecified atom stereocenters. The number of nitrogens with one attached hydrogen (secondary N) is 2. The van der Waals surface area contributed by atoms with E-state index in [-0.39, 0.29) is 12.6 Å². The number of amides is 1. The Morgan fingerprint density at radius 1 is 1.20 bits per heavy atom. The van der Waals surface area contributed by atoms with Crippen LogP contribution in [0, 0.1) is 24.4 Å². The molecule has 160 valence electrons. The highest BCUT2D eigenvalue weighted by Crippen LogP contribution is 2.25. The van der Waals surface area contributed by atoms with Crippen molar-refractivity contribution in [3.8, 4) is 0 Å². The first-order valence-corrected chi connectivity index (χ1v) is 9.46. The van der Waals surface area contributed by atoms with Crippen molar-refractivity contribution in [3.05, 3.63) is 65.0 Å². The van der Waals surface area contributed by atoms with Crippen LogP contribution in [0.1, 0.15) is 17.2 Å². The van der Waals surface area contributed by atoms with Crippen molar-refractivity contribution in [1.82, 2.24) is 10.2 Å². The molecule has 0 aliphatic carbocycles. The summed E-state index contributed by atoms with van der Waals surface area (Å²) in [7, 11) is 1.59. The van der Waals surface area contributed by atoms with Gasteiger partial charge in [-0.25, -0.2) is 13.2 Å². The van der Waals surface area contributed by atoms with Gasteiger partial charge < -0.3 is 20.3 Å². The molecule has 1 fully saturated rings. The predicted molar refractivity (Wildman–Crippen MR) is 108 cm³/mol. The fourth-order valence-electron chi connectivity index (χ4n) is 3.29. The second-order valence-corrected chi connectivity index (χ2v) is 6.83. The molecule has 2 aromatic carbocycles. The average molecular weight is 420 g/mol. The molecule has 0 bridgehead atoms. The maximum atomic E-state index is 13.7. The number of hydrogen-bond acceptors (Lipinski definition) is 3. The van der Waals surface area contributed by atoms with Crippen LogP contribution in [-0.4, -0.2) is 50.1 Å². The Balaban J connectivity index is 1.59. The van der Waals surface area contributed by atoms with Gasteiger partial charge in [-0.15, -0.1) is 0 Å². The van der Waals surface area contributed by atoms with Gasteiger partial charge in [0.05, 0.1) is 25.4 Å². The summed E-state index contributed by atoms with van der Waals surface area (Å²) in [6.07, 6.45) is -0.136. The van der Waals surface area contributed by atoms with Crippen molar-refractivity contribution >= 4 is 17.6 Å². The third-order valence-corrected chi connectivity index (χ3v) is 4.83. The Labute approximate surface area is 172 Å². The van der Waals surface area contributed by atoms with Crippen molar-refractivity contribution in [3.63, 3.8) is 0 Å². The van der Waals surface area contributed by atoms with E-state index in [9.17, 15) is 18.0 Å². The highest BCUT2D eigenvalue weighted by atomic mass is 19.2. The Hall–Kier alpha value is -3.07. The molecule has 0 saturated carbocycles. The van der Waals surface area contributed by atoms with E-state index in [1.807, 2.05) is 36.1 Å². The first-order valence-electron chi connectivity index (χ1n) is 9.46. The third kappa shape index (κ3) is 4.91. The molecular weight excluding hydrogens is 397 g/mol. The van der Waals surface area contributed by atoms with Gasteiger partial charge in [0.2, 0.25) is 5.91 Å². The first-order chi connectivity index (χ1) is 14.4. The number of anilines is 1. The summed E-state index contributed by atoms with van der Waals surface area (Å²) in [5.74, 6) is -4.53. The standard InChI is InChI=1S/C21H23F3N4O2/c1-13-5-3-4-6-14(13)17-12-28(9-10-30-17)21(25-2)26-11-18(29)27-16-8-7-15(22)19(23)20(16)24/h3-8,17H,9-12H2,1-2H3,(H,25,26)(H,27,29). The van der Waals surface area contributed by atoms with Gasteiger partial charge in [-0.1, -0.05) is 24.3 Å². The third-order valence-electron chi connectivity index (χ3n) is 4.83. The minimum atomic E-state index is -1.63. The van der Waals surface area contributed by atoms with Gasteiger partial charge in [0.1, 0.15) is 6.10 Å². The smallest absolute Gasteiger partial charge is 0.243 e. The number of halogens is 3. The zero-order chi connectivity index (χ0) is 21.7. The van der Waals surface area contributed by atoms with Gasteiger partial charge in [0.15, 0.2) is 23.4 Å². The van der Waals surface area contributed by atoms with Crippen molar-refractivity contribution in [2.24, 2.45) is 4.99 Å². The van der Waals surface area contributed by atoms with Crippen molar-refractivity contribution in [2.75, 3.05) is 38.6 Å². The number of morpholine rings is 1. The number of rotatable bonds is 4. The molecule has 0 radical (unpaired) electrons. The van der Waals surface area contributed by atoms with Crippen LogP contribution in [0.2, 0.25) is 0 Å². The lowest BCUT2D eigenvalue weighted by molar-refractivity contribution is -0.115. The lowest BCUT2D eigenvalue weighted by Crippen LogP contribution is -2.49. The summed E-state index contributed by atoms with van der Waals surface area (Å²) in [6.45, 7) is 3.42. The first kappa shape index (κ1) is 21.6. The average Bonchev–Trinajstić information content (AvgIpc) is 2.75. The van der Waals surface area contributed by atoms with Crippen LogP contribution in [0.5, 0.6) is 0 Å². The lowest BCUT2D eigenvalue weighted by Gasteiger charge is -2.35. The molecule has 1 amide bonds. The molecule has 2 aromatic rings. The van der Waals surface area contributed by atoms with E-state index >= 15 is 0 Å². The maximum absolute atomic E-state index is 13.7. The number of benzene rings is 2. The second kappa shape index (κ2) is 9.62. The molecule has 30 heavy (non-hydrogen) atoms. The van der Waals surface area contributed by atoms with E-state index in [1.54, 1.807) is 7.05 Å². The van der Waals surface area contributed by atoms with Crippen molar-refractivity contribution < 1.29 is 22.7 Å². The largest absolute Gasteiger partial charge is 0.370 e. The molecule has 0 spiro atoms. The Bertz CT molecular complexity index is 952. The van der Waals surface area contributed by atoms with Crippen LogP contribution in [0.3, 0.4) is 0 Å². The van der Waals surface area contributed by atoms with Crippen LogP contribution < -0.4 is 10.6 Å². The summed E-state index contributed by atoms with van der Waals surface area (Å²) in [5.41, 5.74) is 1.78. The number of aliphatic imine (C=N–C) groups is 1. The van der Waals surface area contributed by atoms with Gasteiger partial charge in [0, 0.05) is 13.6 Å². The van der Waals surface area contributed by atoms with E-state index in [0.29, 0.717) is 25.7 Å². The van der Waals surface area contributed by atoms with Gasteiger partial charge >= 0.3 is 0 Å². The minimum Gasteiger partial charge on any atom is -0.370 e. The summed E-state index contributed by atoms with van der Waals surface area (Å²) >= 11 is 0. The highest BCUT2D eigenvalue weighted by Gasteiger charge is 2.25. The fraction of sp³-hybridized carbons (Fsp3) is 0.333. The number of ether oxygens (including phenoxy) is 1. The molecule has 1 saturated heterocycles. The minimum absolute atomic E-state index is 0.136. The van der Waals surface area contributed by atoms with Crippen LogP contribution >= 0.6 is 0 Å². The van der Waals surface area contributed by atoms with Crippen LogP contribution in [0.4, 0.5) is 18.9 Å². The SMILES string of the molecule is CN=C(NCC(=O)Nc1ccc(F)c(F)c1F)N1CCOC(c2ccccc2C)C1. The zero-order valence-electron chi connectivity index (χ0n) is 16.7. The zero-order valence-corrected chi connectivity index (χ0v) is 16.7. The van der Waals surface area contributed by atoms with E-state index < -0.39 is 29.0 Å². The van der Waals surface area contributed by atoms with E-state index in [1.165, 1.54) is 0 Å². The molecule has 6 nitrogen and oxygen atoms in total. The Kier molecular flexibility index (Phi) is 6.94. The molecule has 3 rings (SSSR count). The summed E-state index contributed by atoms with van der Waals surface area (Å²) < 4.78 is 45.9. The number of guanidine groups is 1. The molecule has 2 N–H and O–H groups in total.